The molecule has 0 N–H and O–H groups in total. The van der Waals surface area contributed by atoms with Gasteiger partial charge in [0.25, 0.3) is 0 Å². The number of thiazole rings is 1. The van der Waals surface area contributed by atoms with E-state index >= 15 is 0 Å². The van der Waals surface area contributed by atoms with Crippen LogP contribution in [0.25, 0.3) is 20.1 Å². The van der Waals surface area contributed by atoms with E-state index < -0.39 is 5.97 Å². The van der Waals surface area contributed by atoms with E-state index in [1.807, 2.05) is 42.5 Å². The Bertz CT molecular complexity index is 1220. The van der Waals surface area contributed by atoms with Crippen LogP contribution in [0.5, 0.6) is 0 Å². The molecule has 2 aromatic heterocycles. The highest BCUT2D eigenvalue weighted by Gasteiger charge is 2.18. The molecular weight excluding hydrogens is 438 g/mol. The monoisotopic (exact) mass is 461 g/mol. The smallest absolute Gasteiger partial charge is 0.348 e. The van der Waals surface area contributed by atoms with E-state index in [1.54, 1.807) is 17.4 Å². The molecule has 2 aromatic carbocycles. The second-order valence-corrected chi connectivity index (χ2v) is 10.2. The van der Waals surface area contributed by atoms with E-state index in [1.165, 1.54) is 49.0 Å². The minimum atomic E-state index is -0.477. The summed E-state index contributed by atoms with van der Waals surface area (Å²) in [5.41, 5.74) is 2.84. The number of carbonyl (C=O) groups excluding carboxylic acids is 2. The van der Waals surface area contributed by atoms with Gasteiger partial charge in [0.1, 0.15) is 9.88 Å². The van der Waals surface area contributed by atoms with Gasteiger partial charge >= 0.3 is 5.97 Å². The maximum Gasteiger partial charge on any atom is 0.348 e. The van der Waals surface area contributed by atoms with Gasteiger partial charge in [0.15, 0.2) is 12.4 Å². The Kier molecular flexibility index (Phi) is 6.14. The van der Waals surface area contributed by atoms with Crippen molar-refractivity contribution in [2.75, 3.05) is 6.61 Å². The molecule has 1 aliphatic carbocycles. The first-order valence-corrected chi connectivity index (χ1v) is 12.6. The zero-order chi connectivity index (χ0) is 21.9. The zero-order valence-electron chi connectivity index (χ0n) is 17.6. The second-order valence-electron chi connectivity index (χ2n) is 8.11. The average molecular weight is 462 g/mol. The number of benzene rings is 2. The number of aromatic nitrogens is 1. The first kappa shape index (κ1) is 21.0. The number of hydrogen-bond acceptors (Lipinski definition) is 6. The Morgan fingerprint density at radius 1 is 0.906 bits per heavy atom. The predicted molar refractivity (Wildman–Crippen MR) is 130 cm³/mol. The summed E-state index contributed by atoms with van der Waals surface area (Å²) >= 11 is 2.93. The van der Waals surface area contributed by atoms with Crippen molar-refractivity contribution in [1.82, 2.24) is 4.98 Å². The molecule has 32 heavy (non-hydrogen) atoms. The molecule has 0 amide bonds. The summed E-state index contributed by atoms with van der Waals surface area (Å²) in [7, 11) is 0. The van der Waals surface area contributed by atoms with Crippen LogP contribution >= 0.6 is 22.7 Å². The summed E-state index contributed by atoms with van der Waals surface area (Å²) in [6, 6.07) is 19.4. The Morgan fingerprint density at radius 2 is 1.69 bits per heavy atom. The molecule has 0 bridgehead atoms. The molecule has 0 spiro atoms. The summed E-state index contributed by atoms with van der Waals surface area (Å²) in [5, 5.41) is 0.879. The van der Waals surface area contributed by atoms with Crippen molar-refractivity contribution in [2.24, 2.45) is 0 Å². The summed E-state index contributed by atoms with van der Waals surface area (Å²) in [6.07, 6.45) is 6.34. The number of nitrogens with zero attached hydrogens (tertiary/aromatic N) is 1. The molecule has 0 unspecified atom stereocenters. The fourth-order valence-electron chi connectivity index (χ4n) is 4.20. The van der Waals surface area contributed by atoms with Crippen molar-refractivity contribution < 1.29 is 14.3 Å². The molecular formula is C26H23NO3S2. The maximum atomic E-state index is 12.5. The van der Waals surface area contributed by atoms with Gasteiger partial charge in [0, 0.05) is 5.56 Å². The number of hydrogen-bond donors (Lipinski definition) is 0. The van der Waals surface area contributed by atoms with Crippen molar-refractivity contribution in [3.8, 4) is 9.88 Å². The molecule has 4 aromatic rings. The number of fused-ring (bicyclic) bond motifs is 1. The third-order valence-corrected chi connectivity index (χ3v) is 8.23. The third-order valence-electron chi connectivity index (χ3n) is 5.96. The van der Waals surface area contributed by atoms with E-state index in [0.717, 1.165) is 20.1 Å². The van der Waals surface area contributed by atoms with Gasteiger partial charge in [0.05, 0.1) is 15.1 Å². The number of rotatable bonds is 6. The van der Waals surface area contributed by atoms with E-state index in [0.29, 0.717) is 16.4 Å². The van der Waals surface area contributed by atoms with Crippen LogP contribution in [-0.4, -0.2) is 23.3 Å². The van der Waals surface area contributed by atoms with Gasteiger partial charge < -0.3 is 4.74 Å². The van der Waals surface area contributed by atoms with Gasteiger partial charge in [0.2, 0.25) is 0 Å². The molecule has 0 atom stereocenters. The second kappa shape index (κ2) is 9.35. The lowest BCUT2D eigenvalue weighted by molar-refractivity contribution is 0.0479. The third kappa shape index (κ3) is 4.52. The lowest BCUT2D eigenvalue weighted by Gasteiger charge is -2.22. The Balaban J connectivity index is 1.20. The normalized spacial score (nSPS) is 14.5. The Labute approximate surface area is 194 Å². The van der Waals surface area contributed by atoms with Crippen LogP contribution < -0.4 is 0 Å². The standard InChI is InChI=1S/C26H23NO3S2/c28-21(19-12-10-18(11-13-19)17-6-2-1-3-7-17)16-30-26(29)24-15-14-23(31-24)25-27-20-8-4-5-9-22(20)32-25/h4-5,8-15,17H,1-3,6-7,16H2. The number of ketones is 1. The van der Waals surface area contributed by atoms with Crippen LogP contribution in [0.3, 0.4) is 0 Å². The molecule has 0 saturated heterocycles. The molecule has 1 saturated carbocycles. The first-order chi connectivity index (χ1) is 15.7. The lowest BCUT2D eigenvalue weighted by atomic mass is 9.84. The largest absolute Gasteiger partial charge is 0.453 e. The minimum absolute atomic E-state index is 0.184. The SMILES string of the molecule is O=C(COC(=O)c1ccc(-c2nc3ccccc3s2)s1)c1ccc(C2CCCCC2)cc1. The van der Waals surface area contributed by atoms with E-state index in [9.17, 15) is 9.59 Å². The zero-order valence-corrected chi connectivity index (χ0v) is 19.2. The van der Waals surface area contributed by atoms with Crippen molar-refractivity contribution in [3.05, 3.63) is 76.7 Å². The number of carbonyl (C=O) groups is 2. The molecule has 1 aliphatic rings. The van der Waals surface area contributed by atoms with Crippen LogP contribution in [0.15, 0.2) is 60.7 Å². The van der Waals surface area contributed by atoms with Crippen LogP contribution in [-0.2, 0) is 4.74 Å². The van der Waals surface area contributed by atoms with E-state index in [2.05, 4.69) is 17.1 Å². The van der Waals surface area contributed by atoms with Crippen molar-refractivity contribution in [3.63, 3.8) is 0 Å². The van der Waals surface area contributed by atoms with Gasteiger partial charge in [-0.25, -0.2) is 9.78 Å². The average Bonchev–Trinajstić information content (AvgIpc) is 3.50. The van der Waals surface area contributed by atoms with Gasteiger partial charge in [-0.2, -0.15) is 0 Å². The number of esters is 1. The number of Topliss-reactive ketones (excluding diaryl/α,β-unsaturated/α-hetero) is 1. The number of ether oxygens (including phenoxy) is 1. The quantitative estimate of drug-likeness (QED) is 0.227. The predicted octanol–water partition coefficient (Wildman–Crippen LogP) is 7.11. The van der Waals surface area contributed by atoms with Gasteiger partial charge in [-0.3, -0.25) is 4.79 Å². The maximum absolute atomic E-state index is 12.5. The first-order valence-electron chi connectivity index (χ1n) is 10.9. The highest BCUT2D eigenvalue weighted by molar-refractivity contribution is 7.26. The number of para-hydroxylation sites is 1. The van der Waals surface area contributed by atoms with Gasteiger partial charge in [-0.15, -0.1) is 22.7 Å². The van der Waals surface area contributed by atoms with Crippen LogP contribution in [0, 0.1) is 0 Å². The van der Waals surface area contributed by atoms with Crippen molar-refractivity contribution in [1.29, 1.82) is 0 Å². The minimum Gasteiger partial charge on any atom is -0.453 e. The van der Waals surface area contributed by atoms with Gasteiger partial charge in [-0.05, 0) is 48.6 Å². The molecule has 162 valence electrons. The van der Waals surface area contributed by atoms with Crippen molar-refractivity contribution in [2.45, 2.75) is 38.0 Å². The Hall–Kier alpha value is -2.83. The Morgan fingerprint density at radius 3 is 2.47 bits per heavy atom. The summed E-state index contributed by atoms with van der Waals surface area (Å²) < 4.78 is 6.42. The molecule has 2 heterocycles. The molecule has 5 rings (SSSR count). The highest BCUT2D eigenvalue weighted by Crippen LogP contribution is 2.35. The van der Waals surface area contributed by atoms with Crippen LogP contribution in [0.4, 0.5) is 0 Å². The van der Waals surface area contributed by atoms with E-state index in [-0.39, 0.29) is 12.4 Å². The molecule has 0 radical (unpaired) electrons. The lowest BCUT2D eigenvalue weighted by Crippen LogP contribution is -2.13. The summed E-state index contributed by atoms with van der Waals surface area (Å²) in [6.45, 7) is -0.254. The molecule has 0 aliphatic heterocycles. The molecule has 6 heteroatoms. The fraction of sp³-hybridized carbons (Fsp3) is 0.269. The van der Waals surface area contributed by atoms with Gasteiger partial charge in [-0.1, -0.05) is 55.7 Å². The topological polar surface area (TPSA) is 56.3 Å². The van der Waals surface area contributed by atoms with E-state index in [4.69, 9.17) is 4.74 Å². The molecule has 4 nitrogen and oxygen atoms in total. The fourth-order valence-corrected chi connectivity index (χ4v) is 6.12. The molecule has 1 fully saturated rings. The number of thiophene rings is 1. The van der Waals surface area contributed by atoms with Crippen LogP contribution in [0.1, 0.15) is 63.6 Å². The van der Waals surface area contributed by atoms with Crippen LogP contribution in [0.2, 0.25) is 0 Å². The van der Waals surface area contributed by atoms with Crippen molar-refractivity contribution >= 4 is 44.6 Å². The summed E-state index contributed by atoms with van der Waals surface area (Å²) in [5.74, 6) is -0.0554. The summed E-state index contributed by atoms with van der Waals surface area (Å²) in [4.78, 5) is 31.0. The highest BCUT2D eigenvalue weighted by atomic mass is 32.1.